The number of hydrogen-bond acceptors (Lipinski definition) is 5. The maximum atomic E-state index is 12.9. The third-order valence-corrected chi connectivity index (χ3v) is 7.72. The molecule has 0 spiro atoms. The van der Waals surface area contributed by atoms with Crippen molar-refractivity contribution in [3.8, 4) is 0 Å². The molecule has 0 aromatic heterocycles. The summed E-state index contributed by atoms with van der Waals surface area (Å²) in [6.45, 7) is 2.30. The van der Waals surface area contributed by atoms with E-state index in [4.69, 9.17) is 9.47 Å². The lowest BCUT2D eigenvalue weighted by Crippen LogP contribution is -2.41. The molecule has 28 heavy (non-hydrogen) atoms. The van der Waals surface area contributed by atoms with Crippen LogP contribution in [-0.4, -0.2) is 59.9 Å². The number of amides is 2. The van der Waals surface area contributed by atoms with Crippen molar-refractivity contribution in [3.63, 3.8) is 0 Å². The Hall–Kier alpha value is -1.93. The molecule has 4 aliphatic rings. The molecule has 8 heteroatoms. The smallest absolute Gasteiger partial charge is 0.310 e. The number of carbonyl (C=O) groups excluding carboxylic acids is 3. The number of ether oxygens (including phenoxy) is 2. The summed E-state index contributed by atoms with van der Waals surface area (Å²) in [5, 5.41) is 2.93. The zero-order valence-corrected chi connectivity index (χ0v) is 16.8. The molecular formula is C20H21BrN2O5. The van der Waals surface area contributed by atoms with Crippen molar-refractivity contribution in [3.05, 3.63) is 29.8 Å². The topological polar surface area (TPSA) is 84.9 Å². The van der Waals surface area contributed by atoms with Gasteiger partial charge in [-0.2, -0.15) is 0 Å². The van der Waals surface area contributed by atoms with Crippen molar-refractivity contribution in [1.29, 1.82) is 0 Å². The summed E-state index contributed by atoms with van der Waals surface area (Å²) >= 11 is 3.63. The second-order valence-electron chi connectivity index (χ2n) is 7.93. The van der Waals surface area contributed by atoms with Crippen LogP contribution in [0.15, 0.2) is 24.3 Å². The Morgan fingerprint density at radius 3 is 2.54 bits per heavy atom. The number of hydrogen-bond donors (Lipinski definition) is 1. The van der Waals surface area contributed by atoms with E-state index in [-0.39, 0.29) is 52.4 Å². The third kappa shape index (κ3) is 2.76. The monoisotopic (exact) mass is 448 g/mol. The van der Waals surface area contributed by atoms with E-state index in [9.17, 15) is 14.4 Å². The number of halogens is 1. The maximum Gasteiger partial charge on any atom is 0.310 e. The number of nitrogens with zero attached hydrogens (tertiary/aromatic N) is 1. The predicted molar refractivity (Wildman–Crippen MR) is 103 cm³/mol. The molecule has 1 aromatic carbocycles. The lowest BCUT2D eigenvalue weighted by molar-refractivity contribution is -0.145. The van der Waals surface area contributed by atoms with Crippen LogP contribution in [0.2, 0.25) is 0 Å². The van der Waals surface area contributed by atoms with Crippen molar-refractivity contribution < 1.29 is 23.9 Å². The van der Waals surface area contributed by atoms with Gasteiger partial charge in [-0.25, -0.2) is 0 Å². The molecule has 6 atom stereocenters. The minimum Gasteiger partial charge on any atom is -0.461 e. The van der Waals surface area contributed by atoms with Gasteiger partial charge in [0.15, 0.2) is 0 Å². The second kappa shape index (κ2) is 6.84. The van der Waals surface area contributed by atoms with Crippen LogP contribution in [0.4, 0.5) is 5.69 Å². The first-order chi connectivity index (χ1) is 13.5. The van der Waals surface area contributed by atoms with Crippen LogP contribution in [-0.2, 0) is 19.1 Å². The summed E-state index contributed by atoms with van der Waals surface area (Å²) in [6, 6.07) is 6.92. The number of rotatable bonds is 3. The average molecular weight is 449 g/mol. The molecule has 2 amide bonds. The summed E-state index contributed by atoms with van der Waals surface area (Å²) in [5.41, 5.74) is 1.21. The van der Waals surface area contributed by atoms with Gasteiger partial charge in [0.25, 0.3) is 5.91 Å². The van der Waals surface area contributed by atoms with Gasteiger partial charge >= 0.3 is 5.97 Å². The number of alkyl halides is 1. The third-order valence-electron chi connectivity index (χ3n) is 6.52. The first kappa shape index (κ1) is 18.1. The molecule has 2 aliphatic heterocycles. The van der Waals surface area contributed by atoms with E-state index in [2.05, 4.69) is 21.2 Å². The summed E-state index contributed by atoms with van der Waals surface area (Å²) in [7, 11) is 0. The van der Waals surface area contributed by atoms with Gasteiger partial charge in [-0.3, -0.25) is 14.4 Å². The molecule has 5 rings (SSSR count). The minimum absolute atomic E-state index is 0.0313. The van der Waals surface area contributed by atoms with E-state index < -0.39 is 0 Å². The molecule has 1 aromatic rings. The fraction of sp³-hybridized carbons (Fsp3) is 0.550. The molecular weight excluding hydrogens is 428 g/mol. The van der Waals surface area contributed by atoms with E-state index in [0.29, 0.717) is 37.6 Å². The zero-order valence-electron chi connectivity index (χ0n) is 15.2. The Morgan fingerprint density at radius 2 is 1.82 bits per heavy atom. The van der Waals surface area contributed by atoms with Gasteiger partial charge in [0, 0.05) is 30.3 Å². The minimum atomic E-state index is -0.365. The van der Waals surface area contributed by atoms with Gasteiger partial charge in [0.05, 0.1) is 29.9 Å². The number of fused-ring (bicyclic) bond motifs is 1. The Balaban J connectivity index is 1.27. The SMILES string of the molecule is O=C(Nc1ccc(C(=O)N2CCOCC2)cc1)[C@@H]1[C@H]2C[C@H]3[C@H](OC(=O)[C@@H]31)[C@@H]2Br. The largest absolute Gasteiger partial charge is 0.461 e. The number of nitrogens with one attached hydrogen (secondary N) is 1. The van der Waals surface area contributed by atoms with E-state index in [0.717, 1.165) is 6.42 Å². The van der Waals surface area contributed by atoms with Crippen molar-refractivity contribution in [1.82, 2.24) is 4.90 Å². The first-order valence-corrected chi connectivity index (χ1v) is 10.6. The van der Waals surface area contributed by atoms with Crippen LogP contribution < -0.4 is 5.32 Å². The lowest BCUT2D eigenvalue weighted by Gasteiger charge is -2.28. The summed E-state index contributed by atoms with van der Waals surface area (Å²) in [4.78, 5) is 39.5. The predicted octanol–water partition coefficient (Wildman–Crippen LogP) is 1.67. The van der Waals surface area contributed by atoms with E-state index in [1.165, 1.54) is 0 Å². The quantitative estimate of drug-likeness (QED) is 0.561. The Morgan fingerprint density at radius 1 is 1.11 bits per heavy atom. The highest BCUT2D eigenvalue weighted by Crippen LogP contribution is 2.60. The highest BCUT2D eigenvalue weighted by molar-refractivity contribution is 9.09. The highest BCUT2D eigenvalue weighted by atomic mass is 79.9. The Bertz CT molecular complexity index is 822. The van der Waals surface area contributed by atoms with E-state index in [1.807, 2.05) is 0 Å². The summed E-state index contributed by atoms with van der Waals surface area (Å²) in [5.74, 6) is -0.852. The second-order valence-corrected chi connectivity index (χ2v) is 8.99. The molecule has 2 saturated carbocycles. The van der Waals surface area contributed by atoms with Crippen molar-refractivity contribution >= 4 is 39.4 Å². The number of morpholine rings is 1. The molecule has 1 N–H and O–H groups in total. The first-order valence-electron chi connectivity index (χ1n) is 9.67. The number of anilines is 1. The molecule has 7 nitrogen and oxygen atoms in total. The number of esters is 1. The molecule has 0 radical (unpaired) electrons. The summed E-state index contributed by atoms with van der Waals surface area (Å²) in [6.07, 6.45) is 0.763. The van der Waals surface area contributed by atoms with Gasteiger partial charge in [0.2, 0.25) is 5.91 Å². The van der Waals surface area contributed by atoms with Crippen LogP contribution in [0.5, 0.6) is 0 Å². The Labute approximate surface area is 170 Å². The van der Waals surface area contributed by atoms with Crippen LogP contribution in [0.25, 0.3) is 0 Å². The normalized spacial score (nSPS) is 35.8. The van der Waals surface area contributed by atoms with Crippen LogP contribution in [0.3, 0.4) is 0 Å². The molecule has 148 valence electrons. The van der Waals surface area contributed by atoms with Gasteiger partial charge in [-0.1, -0.05) is 15.9 Å². The van der Waals surface area contributed by atoms with Crippen molar-refractivity contribution in [2.75, 3.05) is 31.6 Å². The van der Waals surface area contributed by atoms with Crippen LogP contribution >= 0.6 is 15.9 Å². The van der Waals surface area contributed by atoms with E-state index >= 15 is 0 Å². The van der Waals surface area contributed by atoms with Gasteiger partial charge in [-0.15, -0.1) is 0 Å². The number of benzene rings is 1. The maximum absolute atomic E-state index is 12.9. The highest BCUT2D eigenvalue weighted by Gasteiger charge is 2.67. The van der Waals surface area contributed by atoms with E-state index in [1.54, 1.807) is 29.2 Å². The van der Waals surface area contributed by atoms with Crippen molar-refractivity contribution in [2.24, 2.45) is 23.7 Å². The fourth-order valence-corrected chi connectivity index (χ4v) is 6.25. The van der Waals surface area contributed by atoms with Gasteiger partial charge in [0.1, 0.15) is 6.10 Å². The molecule has 2 aliphatic carbocycles. The van der Waals surface area contributed by atoms with Gasteiger partial charge in [-0.05, 0) is 36.6 Å². The fourth-order valence-electron chi connectivity index (χ4n) is 5.20. The standard InChI is InChI=1S/C20H21BrN2O5/c21-16-12-9-13-15(20(26)28-17(13)16)14(12)18(24)22-11-3-1-10(2-4-11)19(25)23-5-7-27-8-6-23/h1-4,12-17H,5-9H2,(H,22,24)/t12-,13-,14-,15+,16-,17+/m1/s1. The van der Waals surface area contributed by atoms with Crippen molar-refractivity contribution in [2.45, 2.75) is 17.4 Å². The summed E-state index contributed by atoms with van der Waals surface area (Å²) < 4.78 is 10.7. The number of carbonyl (C=O) groups is 3. The molecule has 2 heterocycles. The molecule has 0 unspecified atom stereocenters. The average Bonchev–Trinajstić information content (AvgIpc) is 3.33. The lowest BCUT2D eigenvalue weighted by atomic mass is 9.79. The molecule has 2 saturated heterocycles. The van der Waals surface area contributed by atoms with Crippen LogP contribution in [0, 0.1) is 23.7 Å². The zero-order chi connectivity index (χ0) is 19.4. The van der Waals surface area contributed by atoms with Gasteiger partial charge < -0.3 is 19.7 Å². The Kier molecular flexibility index (Phi) is 4.43. The molecule has 2 bridgehead atoms. The van der Waals surface area contributed by atoms with Crippen LogP contribution in [0.1, 0.15) is 16.8 Å². The molecule has 4 fully saturated rings.